The molecule has 0 saturated carbocycles. The van der Waals surface area contributed by atoms with Gasteiger partial charge in [0.1, 0.15) is 0 Å². The molecule has 1 aromatic carbocycles. The monoisotopic (exact) mass is 281 g/mol. The van der Waals surface area contributed by atoms with Gasteiger partial charge in [-0.2, -0.15) is 0 Å². The lowest BCUT2D eigenvalue weighted by Crippen LogP contribution is -2.05. The van der Waals surface area contributed by atoms with Crippen LogP contribution in [0.5, 0.6) is 0 Å². The Labute approximate surface area is 124 Å². The first kappa shape index (κ1) is 13.4. The molecule has 3 rings (SSSR count). The summed E-state index contributed by atoms with van der Waals surface area (Å²) in [6.07, 6.45) is 3.53. The van der Waals surface area contributed by atoms with Crippen molar-refractivity contribution in [2.45, 2.75) is 20.4 Å². The highest BCUT2D eigenvalue weighted by Crippen LogP contribution is 2.21. The van der Waals surface area contributed by atoms with Crippen LogP contribution in [0.1, 0.15) is 17.0 Å². The number of hydrogen-bond acceptors (Lipinski definition) is 3. The van der Waals surface area contributed by atoms with E-state index in [1.54, 1.807) is 10.9 Å². The number of aromatic nitrogens is 4. The van der Waals surface area contributed by atoms with Crippen LogP contribution in [0.25, 0.3) is 5.69 Å². The Balaban J connectivity index is 1.84. The minimum atomic E-state index is 0.791. The van der Waals surface area contributed by atoms with Crippen LogP contribution in [0, 0.1) is 13.8 Å². The van der Waals surface area contributed by atoms with Crippen LogP contribution in [0.3, 0.4) is 0 Å². The standard InChI is InChI=1S/C16H19N5/c1-12-10-14(13(2)20(12)3)11-17-15-6-4-5-7-16(15)21-9-8-18-19-21/h4-10,17H,11H2,1-3H3. The summed E-state index contributed by atoms with van der Waals surface area (Å²) in [6.45, 7) is 5.06. The topological polar surface area (TPSA) is 47.7 Å². The Morgan fingerprint density at radius 3 is 2.67 bits per heavy atom. The summed E-state index contributed by atoms with van der Waals surface area (Å²) in [4.78, 5) is 0. The van der Waals surface area contributed by atoms with Gasteiger partial charge in [-0.05, 0) is 37.6 Å². The fraction of sp³-hybridized carbons (Fsp3) is 0.250. The highest BCUT2D eigenvalue weighted by molar-refractivity contribution is 5.60. The van der Waals surface area contributed by atoms with Crippen molar-refractivity contribution in [2.24, 2.45) is 7.05 Å². The summed E-state index contributed by atoms with van der Waals surface area (Å²) in [7, 11) is 2.09. The second-order valence-electron chi connectivity index (χ2n) is 5.17. The zero-order valence-electron chi connectivity index (χ0n) is 12.5. The van der Waals surface area contributed by atoms with E-state index in [-0.39, 0.29) is 0 Å². The van der Waals surface area contributed by atoms with E-state index in [0.717, 1.165) is 17.9 Å². The maximum atomic E-state index is 4.06. The SMILES string of the molecule is Cc1cc(CNc2ccccc2-n2ccnn2)c(C)n1C. The van der Waals surface area contributed by atoms with Gasteiger partial charge in [-0.1, -0.05) is 17.3 Å². The fourth-order valence-electron chi connectivity index (χ4n) is 2.46. The van der Waals surface area contributed by atoms with E-state index < -0.39 is 0 Å². The van der Waals surface area contributed by atoms with Gasteiger partial charge in [0, 0.05) is 25.0 Å². The van der Waals surface area contributed by atoms with Crippen molar-refractivity contribution in [3.8, 4) is 5.69 Å². The molecule has 0 unspecified atom stereocenters. The van der Waals surface area contributed by atoms with Crippen molar-refractivity contribution in [3.05, 3.63) is 59.7 Å². The molecule has 5 heteroatoms. The molecule has 3 aromatic rings. The number of benzene rings is 1. The Hall–Kier alpha value is -2.56. The first-order valence-electron chi connectivity index (χ1n) is 6.98. The van der Waals surface area contributed by atoms with Crippen molar-refractivity contribution in [3.63, 3.8) is 0 Å². The smallest absolute Gasteiger partial charge is 0.0894 e. The third-order valence-corrected chi connectivity index (χ3v) is 3.92. The van der Waals surface area contributed by atoms with Gasteiger partial charge in [0.25, 0.3) is 0 Å². The largest absolute Gasteiger partial charge is 0.379 e. The minimum absolute atomic E-state index is 0.791. The molecule has 0 aliphatic carbocycles. The van der Waals surface area contributed by atoms with E-state index in [0.29, 0.717) is 0 Å². The van der Waals surface area contributed by atoms with E-state index in [2.05, 4.69) is 53.2 Å². The van der Waals surface area contributed by atoms with Crippen LogP contribution >= 0.6 is 0 Å². The van der Waals surface area contributed by atoms with Crippen LogP contribution in [0.4, 0.5) is 5.69 Å². The number of hydrogen-bond donors (Lipinski definition) is 1. The van der Waals surface area contributed by atoms with Gasteiger partial charge in [0.15, 0.2) is 0 Å². The molecule has 0 fully saturated rings. The maximum Gasteiger partial charge on any atom is 0.0894 e. The predicted molar refractivity (Wildman–Crippen MR) is 83.6 cm³/mol. The quantitative estimate of drug-likeness (QED) is 0.800. The molecule has 0 spiro atoms. The molecule has 5 nitrogen and oxygen atoms in total. The summed E-state index contributed by atoms with van der Waals surface area (Å²) >= 11 is 0. The van der Waals surface area contributed by atoms with Crippen molar-refractivity contribution in [1.29, 1.82) is 0 Å². The zero-order chi connectivity index (χ0) is 14.8. The molecule has 0 amide bonds. The molecule has 1 N–H and O–H groups in total. The van der Waals surface area contributed by atoms with Crippen molar-refractivity contribution < 1.29 is 0 Å². The van der Waals surface area contributed by atoms with Crippen LogP contribution < -0.4 is 5.32 Å². The lowest BCUT2D eigenvalue weighted by Gasteiger charge is -2.11. The lowest BCUT2D eigenvalue weighted by molar-refractivity contribution is 0.803. The number of nitrogens with one attached hydrogen (secondary N) is 1. The van der Waals surface area contributed by atoms with E-state index in [1.807, 2.05) is 24.4 Å². The summed E-state index contributed by atoms with van der Waals surface area (Å²) in [5, 5.41) is 11.4. The average molecular weight is 281 g/mol. The van der Waals surface area contributed by atoms with Crippen molar-refractivity contribution >= 4 is 5.69 Å². The third-order valence-electron chi connectivity index (χ3n) is 3.92. The van der Waals surface area contributed by atoms with Gasteiger partial charge in [0.05, 0.1) is 23.8 Å². The van der Waals surface area contributed by atoms with Crippen molar-refractivity contribution in [2.75, 3.05) is 5.32 Å². The molecule has 108 valence electrons. The molecule has 0 bridgehead atoms. The number of aryl methyl sites for hydroxylation is 1. The number of nitrogens with zero attached hydrogens (tertiary/aromatic N) is 4. The predicted octanol–water partition coefficient (Wildman–Crippen LogP) is 2.83. The van der Waals surface area contributed by atoms with Gasteiger partial charge >= 0.3 is 0 Å². The number of para-hydroxylation sites is 2. The number of anilines is 1. The van der Waals surface area contributed by atoms with Gasteiger partial charge < -0.3 is 9.88 Å². The molecule has 0 radical (unpaired) electrons. The molecule has 0 saturated heterocycles. The van der Waals surface area contributed by atoms with E-state index in [1.165, 1.54) is 17.0 Å². The molecule has 2 heterocycles. The molecule has 21 heavy (non-hydrogen) atoms. The molecule has 0 aliphatic heterocycles. The second kappa shape index (κ2) is 5.44. The summed E-state index contributed by atoms with van der Waals surface area (Å²) in [6, 6.07) is 10.3. The number of rotatable bonds is 4. The lowest BCUT2D eigenvalue weighted by atomic mass is 10.2. The molecular weight excluding hydrogens is 262 g/mol. The average Bonchev–Trinajstić information content (AvgIpc) is 3.11. The molecule has 0 atom stereocenters. The molecule has 2 aromatic heterocycles. The van der Waals surface area contributed by atoms with Crippen LogP contribution in [0.2, 0.25) is 0 Å². The summed E-state index contributed by atoms with van der Waals surface area (Å²) in [5.74, 6) is 0. The Morgan fingerprint density at radius 2 is 2.00 bits per heavy atom. The summed E-state index contributed by atoms with van der Waals surface area (Å²) < 4.78 is 3.98. The Morgan fingerprint density at radius 1 is 1.19 bits per heavy atom. The highest BCUT2D eigenvalue weighted by atomic mass is 15.4. The van der Waals surface area contributed by atoms with Gasteiger partial charge in [-0.25, -0.2) is 4.68 Å². The third kappa shape index (κ3) is 2.54. The second-order valence-corrected chi connectivity index (χ2v) is 5.17. The maximum absolute atomic E-state index is 4.06. The van der Waals surface area contributed by atoms with Crippen LogP contribution in [-0.4, -0.2) is 19.6 Å². The Bertz CT molecular complexity index is 740. The van der Waals surface area contributed by atoms with Gasteiger partial charge in [-0.15, -0.1) is 5.10 Å². The van der Waals surface area contributed by atoms with Crippen LogP contribution in [0.15, 0.2) is 42.7 Å². The van der Waals surface area contributed by atoms with E-state index in [9.17, 15) is 0 Å². The summed E-state index contributed by atoms with van der Waals surface area (Å²) in [5.41, 5.74) is 5.92. The van der Waals surface area contributed by atoms with E-state index in [4.69, 9.17) is 0 Å². The fourth-order valence-corrected chi connectivity index (χ4v) is 2.46. The normalized spacial score (nSPS) is 10.8. The first-order valence-corrected chi connectivity index (χ1v) is 6.98. The highest BCUT2D eigenvalue weighted by Gasteiger charge is 2.08. The Kier molecular flexibility index (Phi) is 3.48. The minimum Gasteiger partial charge on any atom is -0.379 e. The zero-order valence-corrected chi connectivity index (χ0v) is 12.5. The van der Waals surface area contributed by atoms with Crippen molar-refractivity contribution in [1.82, 2.24) is 19.6 Å². The van der Waals surface area contributed by atoms with Gasteiger partial charge in [0.2, 0.25) is 0 Å². The van der Waals surface area contributed by atoms with Crippen LogP contribution in [-0.2, 0) is 13.6 Å². The van der Waals surface area contributed by atoms with E-state index >= 15 is 0 Å². The first-order chi connectivity index (χ1) is 10.2. The van der Waals surface area contributed by atoms with Gasteiger partial charge in [-0.3, -0.25) is 0 Å². The molecular formula is C16H19N5. The molecule has 0 aliphatic rings.